The number of amides is 1. The number of carbonyl (C=O) groups is 1. The van der Waals surface area contributed by atoms with Crippen LogP contribution in [0.1, 0.15) is 22.7 Å². The van der Waals surface area contributed by atoms with Crippen molar-refractivity contribution in [2.45, 2.75) is 19.6 Å². The summed E-state index contributed by atoms with van der Waals surface area (Å²) >= 11 is 5.77. The Bertz CT molecular complexity index is 926. The lowest BCUT2D eigenvalue weighted by molar-refractivity contribution is 0.0920. The van der Waals surface area contributed by atoms with Gasteiger partial charge in [0.1, 0.15) is 18.2 Å². The maximum atomic E-state index is 13.5. The second-order valence-corrected chi connectivity index (χ2v) is 6.10. The summed E-state index contributed by atoms with van der Waals surface area (Å²) in [6.45, 7) is 0.965. The van der Waals surface area contributed by atoms with Crippen LogP contribution in [-0.2, 0) is 13.2 Å². The van der Waals surface area contributed by atoms with Gasteiger partial charge in [-0.2, -0.15) is 5.10 Å². The molecule has 9 heteroatoms. The van der Waals surface area contributed by atoms with E-state index in [1.54, 1.807) is 23.1 Å². The van der Waals surface area contributed by atoms with Crippen molar-refractivity contribution in [1.29, 1.82) is 0 Å². The van der Waals surface area contributed by atoms with E-state index in [9.17, 15) is 13.6 Å². The van der Waals surface area contributed by atoms with Crippen molar-refractivity contribution in [3.8, 4) is 5.75 Å². The normalized spacial score (nSPS) is 10.8. The van der Waals surface area contributed by atoms with Gasteiger partial charge in [-0.25, -0.2) is 8.78 Å². The molecule has 0 spiro atoms. The zero-order chi connectivity index (χ0) is 19.2. The van der Waals surface area contributed by atoms with Crippen molar-refractivity contribution in [1.82, 2.24) is 15.1 Å². The molecule has 6 nitrogen and oxygen atoms in total. The standard InChI is InChI=1S/C18H16ClF2N3O3/c19-12-9-23-24(10-12)7-1-6-22-18(25)17-5-3-14(27-17)11-26-16-4-2-13(20)8-15(16)21/h2-5,8-10H,1,6-7,11H2,(H,22,25). The van der Waals surface area contributed by atoms with Crippen LogP contribution >= 0.6 is 11.6 Å². The third-order valence-electron chi connectivity index (χ3n) is 3.60. The molecule has 2 heterocycles. The van der Waals surface area contributed by atoms with Gasteiger partial charge in [0.05, 0.1) is 11.2 Å². The Morgan fingerprint density at radius 2 is 2.15 bits per heavy atom. The third-order valence-corrected chi connectivity index (χ3v) is 3.80. The fourth-order valence-corrected chi connectivity index (χ4v) is 2.47. The molecule has 0 atom stereocenters. The first-order chi connectivity index (χ1) is 13.0. The number of halogens is 3. The Labute approximate surface area is 158 Å². The molecule has 142 valence electrons. The SMILES string of the molecule is O=C(NCCCn1cc(Cl)cn1)c1ccc(COc2ccc(F)cc2F)o1. The number of carbonyl (C=O) groups excluding carboxylic acids is 1. The maximum absolute atomic E-state index is 13.5. The Morgan fingerprint density at radius 3 is 2.89 bits per heavy atom. The monoisotopic (exact) mass is 395 g/mol. The topological polar surface area (TPSA) is 69.3 Å². The molecule has 0 aliphatic carbocycles. The second kappa shape index (κ2) is 8.68. The highest BCUT2D eigenvalue weighted by Crippen LogP contribution is 2.19. The lowest BCUT2D eigenvalue weighted by atomic mass is 10.3. The Balaban J connectivity index is 1.44. The van der Waals surface area contributed by atoms with E-state index in [0.29, 0.717) is 30.3 Å². The van der Waals surface area contributed by atoms with Crippen molar-refractivity contribution in [2.75, 3.05) is 6.54 Å². The average Bonchev–Trinajstić information content (AvgIpc) is 3.27. The Kier molecular flexibility index (Phi) is 6.08. The first kappa shape index (κ1) is 18.9. The van der Waals surface area contributed by atoms with Gasteiger partial charge in [-0.1, -0.05) is 11.6 Å². The van der Waals surface area contributed by atoms with Gasteiger partial charge in [0.25, 0.3) is 5.91 Å². The molecule has 0 aliphatic rings. The number of hydrogen-bond donors (Lipinski definition) is 1. The molecule has 1 aromatic carbocycles. The summed E-state index contributed by atoms with van der Waals surface area (Å²) in [6, 6.07) is 6.07. The number of benzene rings is 1. The maximum Gasteiger partial charge on any atom is 0.286 e. The van der Waals surface area contributed by atoms with Gasteiger partial charge in [0.15, 0.2) is 17.3 Å². The zero-order valence-electron chi connectivity index (χ0n) is 14.1. The second-order valence-electron chi connectivity index (χ2n) is 5.66. The quantitative estimate of drug-likeness (QED) is 0.589. The molecular weight excluding hydrogens is 380 g/mol. The van der Waals surface area contributed by atoms with Gasteiger partial charge in [-0.3, -0.25) is 9.48 Å². The van der Waals surface area contributed by atoms with Gasteiger partial charge >= 0.3 is 0 Å². The van der Waals surface area contributed by atoms with Gasteiger partial charge in [0.2, 0.25) is 0 Å². The number of nitrogens with zero attached hydrogens (tertiary/aromatic N) is 2. The lowest BCUT2D eigenvalue weighted by Crippen LogP contribution is -2.24. The van der Waals surface area contributed by atoms with Crippen LogP contribution in [0.3, 0.4) is 0 Å². The minimum Gasteiger partial charge on any atom is -0.483 e. The van der Waals surface area contributed by atoms with Crippen molar-refractivity contribution < 1.29 is 22.7 Å². The highest BCUT2D eigenvalue weighted by Gasteiger charge is 2.12. The highest BCUT2D eigenvalue weighted by atomic mass is 35.5. The van der Waals surface area contributed by atoms with Crippen molar-refractivity contribution in [3.05, 3.63) is 70.9 Å². The average molecular weight is 396 g/mol. The summed E-state index contributed by atoms with van der Waals surface area (Å²) < 4.78 is 38.7. The van der Waals surface area contributed by atoms with Crippen LogP contribution < -0.4 is 10.1 Å². The number of aromatic nitrogens is 2. The zero-order valence-corrected chi connectivity index (χ0v) is 14.9. The van der Waals surface area contributed by atoms with Crippen molar-refractivity contribution in [2.24, 2.45) is 0 Å². The summed E-state index contributed by atoms with van der Waals surface area (Å²) in [5.41, 5.74) is 0. The van der Waals surface area contributed by atoms with E-state index in [2.05, 4.69) is 10.4 Å². The van der Waals surface area contributed by atoms with Crippen LogP contribution in [-0.4, -0.2) is 22.2 Å². The Morgan fingerprint density at radius 1 is 1.30 bits per heavy atom. The Hall–Kier alpha value is -2.87. The molecule has 0 saturated heterocycles. The first-order valence-corrected chi connectivity index (χ1v) is 8.52. The van der Waals surface area contributed by atoms with E-state index < -0.39 is 11.6 Å². The molecule has 1 amide bonds. The number of rotatable bonds is 8. The smallest absolute Gasteiger partial charge is 0.286 e. The fraction of sp³-hybridized carbons (Fsp3) is 0.222. The first-order valence-electron chi connectivity index (χ1n) is 8.14. The van der Waals surface area contributed by atoms with Crippen molar-refractivity contribution >= 4 is 17.5 Å². The minimum absolute atomic E-state index is 0.0874. The molecule has 27 heavy (non-hydrogen) atoms. The van der Waals surface area contributed by atoms with Crippen LogP contribution in [0.2, 0.25) is 5.02 Å². The summed E-state index contributed by atoms with van der Waals surface area (Å²) in [6.07, 6.45) is 3.92. The molecule has 0 bridgehead atoms. The summed E-state index contributed by atoms with van der Waals surface area (Å²) in [7, 11) is 0. The number of ether oxygens (including phenoxy) is 1. The molecule has 3 rings (SSSR count). The molecule has 3 aromatic rings. The van der Waals surface area contributed by atoms with Crippen LogP contribution in [0, 0.1) is 11.6 Å². The third kappa shape index (κ3) is 5.30. The summed E-state index contributed by atoms with van der Waals surface area (Å²) in [5.74, 6) is -1.50. The van der Waals surface area contributed by atoms with E-state index in [-0.39, 0.29) is 24.0 Å². The van der Waals surface area contributed by atoms with Crippen LogP contribution in [0.25, 0.3) is 0 Å². The molecule has 0 aliphatic heterocycles. The van der Waals surface area contributed by atoms with Gasteiger partial charge < -0.3 is 14.5 Å². The van der Waals surface area contributed by atoms with Gasteiger partial charge in [-0.15, -0.1) is 0 Å². The number of aryl methyl sites for hydroxylation is 1. The molecule has 2 aromatic heterocycles. The number of hydrogen-bond acceptors (Lipinski definition) is 4. The van der Waals surface area contributed by atoms with Crippen molar-refractivity contribution in [3.63, 3.8) is 0 Å². The molecule has 0 unspecified atom stereocenters. The molecule has 0 fully saturated rings. The minimum atomic E-state index is -0.807. The lowest BCUT2D eigenvalue weighted by Gasteiger charge is -2.05. The summed E-state index contributed by atoms with van der Waals surface area (Å²) in [4.78, 5) is 12.0. The molecular formula is C18H16ClF2N3O3. The van der Waals surface area contributed by atoms with Crippen LogP contribution in [0.5, 0.6) is 5.75 Å². The van der Waals surface area contributed by atoms with Gasteiger partial charge in [-0.05, 0) is 30.7 Å². The highest BCUT2D eigenvalue weighted by molar-refractivity contribution is 6.30. The van der Waals surface area contributed by atoms with E-state index in [4.69, 9.17) is 20.8 Å². The number of nitrogens with one attached hydrogen (secondary N) is 1. The van der Waals surface area contributed by atoms with E-state index in [1.165, 1.54) is 12.1 Å². The molecule has 0 radical (unpaired) electrons. The molecule has 1 N–H and O–H groups in total. The van der Waals surface area contributed by atoms with E-state index >= 15 is 0 Å². The summed E-state index contributed by atoms with van der Waals surface area (Å²) in [5, 5.41) is 7.33. The fourth-order valence-electron chi connectivity index (χ4n) is 2.31. The number of furan rings is 1. The van der Waals surface area contributed by atoms with Crippen LogP contribution in [0.4, 0.5) is 8.78 Å². The predicted octanol–water partition coefficient (Wildman–Crippen LogP) is 3.81. The van der Waals surface area contributed by atoms with Gasteiger partial charge in [0, 0.05) is 25.4 Å². The largest absolute Gasteiger partial charge is 0.483 e. The predicted molar refractivity (Wildman–Crippen MR) is 93.6 cm³/mol. The van der Waals surface area contributed by atoms with E-state index in [0.717, 1.165) is 12.1 Å². The van der Waals surface area contributed by atoms with Crippen LogP contribution in [0.15, 0.2) is 47.1 Å². The van der Waals surface area contributed by atoms with E-state index in [1.807, 2.05) is 0 Å². The molecule has 0 saturated carbocycles.